The van der Waals surface area contributed by atoms with Gasteiger partial charge in [-0.2, -0.15) is 0 Å². The number of anilines is 2. The standard InChI is InChI=1S/C25H30N6O3S/c1-25(2,23(33)34)12-16-8-9-31(22(32)10-16)19-6-7-21(26-13-19)29-17-4-5-18(11-17)30-24-27-14-20(35-3)15-28-24/h6-10,13-15,17-18H,4-5,11-12H2,1-3H3,(H,26,29)(H,33,34)(H,27,28,30)/t17-,18-/m0/s1. The van der Waals surface area contributed by atoms with Crippen LogP contribution in [-0.2, 0) is 11.2 Å². The zero-order valence-corrected chi connectivity index (χ0v) is 20.9. The highest BCUT2D eigenvalue weighted by atomic mass is 32.2. The topological polar surface area (TPSA) is 122 Å². The van der Waals surface area contributed by atoms with Crippen LogP contribution in [0.2, 0.25) is 0 Å². The minimum absolute atomic E-state index is 0.219. The van der Waals surface area contributed by atoms with E-state index in [0.717, 1.165) is 30.0 Å². The summed E-state index contributed by atoms with van der Waals surface area (Å²) in [5.41, 5.74) is 0.193. The lowest BCUT2D eigenvalue weighted by atomic mass is 9.86. The molecule has 0 unspecified atom stereocenters. The molecule has 0 radical (unpaired) electrons. The summed E-state index contributed by atoms with van der Waals surface area (Å²) in [6.45, 7) is 3.30. The van der Waals surface area contributed by atoms with E-state index < -0.39 is 11.4 Å². The molecule has 0 aromatic carbocycles. The third-order valence-corrected chi connectivity index (χ3v) is 6.90. The van der Waals surface area contributed by atoms with Crippen LogP contribution in [0.5, 0.6) is 0 Å². The molecule has 10 heteroatoms. The van der Waals surface area contributed by atoms with Crippen molar-refractivity contribution in [1.29, 1.82) is 0 Å². The van der Waals surface area contributed by atoms with E-state index in [4.69, 9.17) is 0 Å². The fourth-order valence-corrected chi connectivity index (χ4v) is 4.49. The Hall–Kier alpha value is -3.40. The van der Waals surface area contributed by atoms with Crippen molar-refractivity contribution < 1.29 is 9.90 Å². The summed E-state index contributed by atoms with van der Waals surface area (Å²) < 4.78 is 1.51. The van der Waals surface area contributed by atoms with E-state index in [2.05, 4.69) is 25.6 Å². The van der Waals surface area contributed by atoms with Gasteiger partial charge in [0.1, 0.15) is 5.82 Å². The largest absolute Gasteiger partial charge is 0.481 e. The van der Waals surface area contributed by atoms with Crippen LogP contribution < -0.4 is 16.2 Å². The fraction of sp³-hybridized carbons (Fsp3) is 0.400. The molecule has 9 nitrogen and oxygen atoms in total. The van der Waals surface area contributed by atoms with E-state index in [1.54, 1.807) is 44.1 Å². The summed E-state index contributed by atoms with van der Waals surface area (Å²) in [6.07, 6.45) is 12.2. The first kappa shape index (κ1) is 24.7. The van der Waals surface area contributed by atoms with Gasteiger partial charge in [0.2, 0.25) is 5.95 Å². The van der Waals surface area contributed by atoms with Gasteiger partial charge in [0.25, 0.3) is 5.56 Å². The van der Waals surface area contributed by atoms with Gasteiger partial charge >= 0.3 is 5.97 Å². The second-order valence-electron chi connectivity index (χ2n) is 9.45. The van der Waals surface area contributed by atoms with E-state index in [-0.39, 0.29) is 18.0 Å². The Bertz CT molecular complexity index is 1230. The number of hydrogen-bond acceptors (Lipinski definition) is 8. The van der Waals surface area contributed by atoms with Crippen LogP contribution in [0.15, 0.2) is 58.7 Å². The summed E-state index contributed by atoms with van der Waals surface area (Å²) in [6, 6.07) is 7.58. The van der Waals surface area contributed by atoms with Crippen LogP contribution >= 0.6 is 11.8 Å². The lowest BCUT2D eigenvalue weighted by Gasteiger charge is -2.19. The highest BCUT2D eigenvalue weighted by molar-refractivity contribution is 7.98. The molecule has 35 heavy (non-hydrogen) atoms. The van der Waals surface area contributed by atoms with Crippen LogP contribution in [0.3, 0.4) is 0 Å². The van der Waals surface area contributed by atoms with Crippen molar-refractivity contribution in [3.05, 3.63) is 65.0 Å². The Labute approximate surface area is 208 Å². The maximum Gasteiger partial charge on any atom is 0.309 e. The molecular weight excluding hydrogens is 464 g/mol. The van der Waals surface area contributed by atoms with Crippen molar-refractivity contribution in [2.24, 2.45) is 5.41 Å². The Kier molecular flexibility index (Phi) is 7.39. The lowest BCUT2D eigenvalue weighted by Crippen LogP contribution is -2.27. The van der Waals surface area contributed by atoms with Crippen molar-refractivity contribution >= 4 is 29.5 Å². The lowest BCUT2D eigenvalue weighted by molar-refractivity contribution is -0.146. The number of nitrogens with zero attached hydrogens (tertiary/aromatic N) is 4. The molecule has 2 atom stereocenters. The number of carboxylic acid groups (broad SMARTS) is 1. The molecule has 3 heterocycles. The first-order valence-electron chi connectivity index (χ1n) is 11.5. The van der Waals surface area contributed by atoms with E-state index in [1.807, 2.05) is 30.8 Å². The number of nitrogens with one attached hydrogen (secondary N) is 2. The Morgan fingerprint density at radius 1 is 1.11 bits per heavy atom. The average Bonchev–Trinajstić information content (AvgIpc) is 3.26. The number of aromatic nitrogens is 4. The van der Waals surface area contributed by atoms with Crippen molar-refractivity contribution in [3.63, 3.8) is 0 Å². The zero-order chi connectivity index (χ0) is 25.0. The van der Waals surface area contributed by atoms with Crippen molar-refractivity contribution in [1.82, 2.24) is 19.5 Å². The second-order valence-corrected chi connectivity index (χ2v) is 10.3. The van der Waals surface area contributed by atoms with Gasteiger partial charge in [-0.3, -0.25) is 14.2 Å². The molecular formula is C25H30N6O3S. The Balaban J connectivity index is 1.34. The molecule has 0 spiro atoms. The summed E-state index contributed by atoms with van der Waals surface area (Å²) in [4.78, 5) is 38.3. The van der Waals surface area contributed by atoms with Gasteiger partial charge in [0, 0.05) is 41.6 Å². The normalized spacial score (nSPS) is 17.8. The van der Waals surface area contributed by atoms with E-state index in [9.17, 15) is 14.7 Å². The quantitative estimate of drug-likeness (QED) is 0.381. The molecule has 1 aliphatic rings. The summed E-state index contributed by atoms with van der Waals surface area (Å²) in [5, 5.41) is 16.2. The molecule has 0 amide bonds. The molecule has 0 saturated heterocycles. The first-order chi connectivity index (χ1) is 16.7. The van der Waals surface area contributed by atoms with E-state index >= 15 is 0 Å². The molecule has 1 aliphatic carbocycles. The third-order valence-electron chi connectivity index (χ3n) is 6.22. The van der Waals surface area contributed by atoms with Gasteiger partial charge in [0.05, 0.1) is 17.3 Å². The van der Waals surface area contributed by atoms with Gasteiger partial charge in [-0.15, -0.1) is 11.8 Å². The van der Waals surface area contributed by atoms with Crippen LogP contribution in [0.25, 0.3) is 5.69 Å². The number of pyridine rings is 2. The fourth-order valence-electron chi connectivity index (χ4n) is 4.17. The molecule has 4 rings (SSSR count). The summed E-state index contributed by atoms with van der Waals surface area (Å²) >= 11 is 1.62. The molecule has 0 bridgehead atoms. The molecule has 1 saturated carbocycles. The first-order valence-corrected chi connectivity index (χ1v) is 12.8. The molecule has 1 fully saturated rings. The Morgan fingerprint density at radius 3 is 2.43 bits per heavy atom. The number of rotatable bonds is 9. The number of carbonyl (C=O) groups is 1. The van der Waals surface area contributed by atoms with Crippen LogP contribution in [0.1, 0.15) is 38.7 Å². The maximum absolute atomic E-state index is 12.6. The molecule has 0 aliphatic heterocycles. The molecule has 184 valence electrons. The Morgan fingerprint density at radius 2 is 1.83 bits per heavy atom. The molecule has 3 N–H and O–H groups in total. The van der Waals surface area contributed by atoms with Crippen molar-refractivity contribution in [3.8, 4) is 5.69 Å². The number of hydrogen-bond donors (Lipinski definition) is 3. The third kappa shape index (κ3) is 6.19. The van der Waals surface area contributed by atoms with Gasteiger partial charge < -0.3 is 15.7 Å². The minimum atomic E-state index is -0.936. The number of thioether (sulfide) groups is 1. The smallest absolute Gasteiger partial charge is 0.309 e. The highest BCUT2D eigenvalue weighted by Crippen LogP contribution is 2.25. The van der Waals surface area contributed by atoms with Crippen LogP contribution in [-0.4, -0.2) is 48.9 Å². The SMILES string of the molecule is CSc1cnc(N[C@H]2CC[C@H](Nc3ccc(-n4ccc(CC(C)(C)C(=O)O)cc4=O)cn3)C2)nc1. The minimum Gasteiger partial charge on any atom is -0.481 e. The van der Waals surface area contributed by atoms with Crippen LogP contribution in [0.4, 0.5) is 11.8 Å². The number of carboxylic acids is 1. The monoisotopic (exact) mass is 494 g/mol. The van der Waals surface area contributed by atoms with E-state index in [0.29, 0.717) is 23.2 Å². The average molecular weight is 495 g/mol. The van der Waals surface area contributed by atoms with Gasteiger partial charge in [0.15, 0.2) is 0 Å². The second kappa shape index (κ2) is 10.5. The van der Waals surface area contributed by atoms with Crippen molar-refractivity contribution in [2.45, 2.75) is 56.5 Å². The van der Waals surface area contributed by atoms with Crippen LogP contribution in [0, 0.1) is 5.41 Å². The molecule has 3 aromatic heterocycles. The maximum atomic E-state index is 12.6. The van der Waals surface area contributed by atoms with Gasteiger partial charge in [-0.05, 0) is 69.5 Å². The van der Waals surface area contributed by atoms with Gasteiger partial charge in [-0.25, -0.2) is 15.0 Å². The van der Waals surface area contributed by atoms with Crippen molar-refractivity contribution in [2.75, 3.05) is 16.9 Å². The van der Waals surface area contributed by atoms with Gasteiger partial charge in [-0.1, -0.05) is 0 Å². The predicted octanol–water partition coefficient (Wildman–Crippen LogP) is 3.84. The summed E-state index contributed by atoms with van der Waals surface area (Å²) in [5.74, 6) is 0.517. The zero-order valence-electron chi connectivity index (χ0n) is 20.1. The highest BCUT2D eigenvalue weighted by Gasteiger charge is 2.28. The number of aliphatic carboxylic acids is 1. The molecule has 3 aromatic rings. The summed E-state index contributed by atoms with van der Waals surface area (Å²) in [7, 11) is 0. The van der Waals surface area contributed by atoms with E-state index in [1.165, 1.54) is 10.6 Å². The predicted molar refractivity (Wildman–Crippen MR) is 137 cm³/mol.